The molecular formula is C16H16Cl2O. The van der Waals surface area contributed by atoms with Crippen molar-refractivity contribution in [3.63, 3.8) is 0 Å². The minimum atomic E-state index is -0.220. The number of rotatable bonds is 2. The lowest BCUT2D eigenvalue weighted by atomic mass is 10.1. The largest absolute Gasteiger partial charge is 0.488 e. The molecule has 0 unspecified atom stereocenters. The van der Waals surface area contributed by atoms with Gasteiger partial charge in [0.2, 0.25) is 0 Å². The van der Waals surface area contributed by atoms with Gasteiger partial charge in [0.25, 0.3) is 0 Å². The van der Waals surface area contributed by atoms with Crippen molar-refractivity contribution in [3.8, 4) is 16.9 Å². The lowest BCUT2D eigenvalue weighted by molar-refractivity contribution is 0.131. The van der Waals surface area contributed by atoms with Crippen molar-refractivity contribution in [3.05, 3.63) is 52.5 Å². The Morgan fingerprint density at radius 3 is 2.32 bits per heavy atom. The third-order valence-electron chi connectivity index (χ3n) is 2.50. The van der Waals surface area contributed by atoms with Crippen molar-refractivity contribution in [1.29, 1.82) is 0 Å². The molecule has 0 spiro atoms. The highest BCUT2D eigenvalue weighted by molar-refractivity contribution is 6.36. The van der Waals surface area contributed by atoms with E-state index in [1.807, 2.05) is 57.2 Å². The predicted octanol–water partition coefficient (Wildman–Crippen LogP) is 5.84. The highest BCUT2D eigenvalue weighted by Gasteiger charge is 2.12. The summed E-state index contributed by atoms with van der Waals surface area (Å²) in [5.41, 5.74) is 1.75. The monoisotopic (exact) mass is 294 g/mol. The summed E-state index contributed by atoms with van der Waals surface area (Å²) in [5.74, 6) is 0.830. The van der Waals surface area contributed by atoms with E-state index in [9.17, 15) is 0 Å². The Labute approximate surface area is 124 Å². The zero-order valence-corrected chi connectivity index (χ0v) is 12.7. The molecule has 3 heteroatoms. The topological polar surface area (TPSA) is 9.23 Å². The van der Waals surface area contributed by atoms with Crippen LogP contribution in [-0.4, -0.2) is 5.60 Å². The maximum atomic E-state index is 6.22. The van der Waals surface area contributed by atoms with Crippen LogP contribution in [0.5, 0.6) is 5.75 Å². The normalized spacial score (nSPS) is 11.4. The summed E-state index contributed by atoms with van der Waals surface area (Å²) >= 11 is 12.1. The van der Waals surface area contributed by atoms with Gasteiger partial charge in [0.1, 0.15) is 11.4 Å². The molecule has 0 atom stereocenters. The van der Waals surface area contributed by atoms with Crippen LogP contribution in [0, 0.1) is 0 Å². The number of hydrogen-bond donors (Lipinski definition) is 0. The number of ether oxygens (including phenoxy) is 1. The van der Waals surface area contributed by atoms with Gasteiger partial charge in [0, 0.05) is 15.6 Å². The summed E-state index contributed by atoms with van der Waals surface area (Å²) < 4.78 is 5.86. The molecule has 0 aromatic heterocycles. The quantitative estimate of drug-likeness (QED) is 0.676. The second kappa shape index (κ2) is 5.44. The van der Waals surface area contributed by atoms with Crippen LogP contribution < -0.4 is 4.74 Å². The first-order chi connectivity index (χ1) is 8.85. The van der Waals surface area contributed by atoms with Crippen LogP contribution >= 0.6 is 23.2 Å². The van der Waals surface area contributed by atoms with E-state index >= 15 is 0 Å². The predicted molar refractivity (Wildman–Crippen MR) is 82.3 cm³/mol. The van der Waals surface area contributed by atoms with Crippen molar-refractivity contribution in [1.82, 2.24) is 0 Å². The summed E-state index contributed by atoms with van der Waals surface area (Å²) in [6, 6.07) is 13.4. The molecule has 2 rings (SSSR count). The number of benzene rings is 2. The van der Waals surface area contributed by atoms with Crippen molar-refractivity contribution >= 4 is 23.2 Å². The second-order valence-electron chi connectivity index (χ2n) is 5.37. The zero-order valence-electron chi connectivity index (χ0n) is 11.2. The fourth-order valence-corrected chi connectivity index (χ4v) is 2.32. The van der Waals surface area contributed by atoms with Gasteiger partial charge >= 0.3 is 0 Å². The van der Waals surface area contributed by atoms with Crippen molar-refractivity contribution in [2.45, 2.75) is 26.4 Å². The lowest BCUT2D eigenvalue weighted by Gasteiger charge is -2.21. The average molecular weight is 295 g/mol. The van der Waals surface area contributed by atoms with Crippen molar-refractivity contribution < 1.29 is 4.74 Å². The Bertz CT molecular complexity index is 586. The van der Waals surface area contributed by atoms with Gasteiger partial charge < -0.3 is 4.74 Å². The van der Waals surface area contributed by atoms with Crippen LogP contribution in [0.3, 0.4) is 0 Å². The Hall–Kier alpha value is -1.18. The van der Waals surface area contributed by atoms with Crippen LogP contribution in [0.1, 0.15) is 20.8 Å². The van der Waals surface area contributed by atoms with Crippen LogP contribution in [0.4, 0.5) is 0 Å². The molecular weight excluding hydrogens is 279 g/mol. The van der Waals surface area contributed by atoms with Crippen LogP contribution in [-0.2, 0) is 0 Å². The van der Waals surface area contributed by atoms with Crippen LogP contribution in [0.2, 0.25) is 10.0 Å². The summed E-state index contributed by atoms with van der Waals surface area (Å²) in [7, 11) is 0. The molecule has 0 aliphatic heterocycles. The Morgan fingerprint density at radius 2 is 1.68 bits per heavy atom. The molecule has 1 nitrogen and oxygen atoms in total. The molecule has 0 aliphatic rings. The first-order valence-electron chi connectivity index (χ1n) is 6.10. The van der Waals surface area contributed by atoms with Gasteiger partial charge in [-0.25, -0.2) is 0 Å². The van der Waals surface area contributed by atoms with Gasteiger partial charge in [-0.2, -0.15) is 0 Å². The standard InChI is InChI=1S/C16H16Cl2O/c1-16(2,3)19-13-6-4-5-11(9-13)14-8-7-12(17)10-15(14)18/h4-10H,1-3H3. The van der Waals surface area contributed by atoms with E-state index in [-0.39, 0.29) is 5.60 Å². The summed E-state index contributed by atoms with van der Waals surface area (Å²) in [5, 5.41) is 1.27. The van der Waals surface area contributed by atoms with E-state index < -0.39 is 0 Å². The average Bonchev–Trinajstić information content (AvgIpc) is 2.26. The molecule has 0 fully saturated rings. The smallest absolute Gasteiger partial charge is 0.120 e. The van der Waals surface area contributed by atoms with E-state index in [1.54, 1.807) is 6.07 Å². The fourth-order valence-electron chi connectivity index (χ4n) is 1.80. The van der Waals surface area contributed by atoms with Gasteiger partial charge in [-0.05, 0) is 50.6 Å². The molecule has 0 aliphatic carbocycles. The summed E-state index contributed by atoms with van der Waals surface area (Å²) in [6.07, 6.45) is 0. The SMILES string of the molecule is CC(C)(C)Oc1cccc(-c2ccc(Cl)cc2Cl)c1. The van der Waals surface area contributed by atoms with Gasteiger partial charge in [0.05, 0.1) is 0 Å². The first-order valence-corrected chi connectivity index (χ1v) is 6.85. The van der Waals surface area contributed by atoms with E-state index in [0.29, 0.717) is 10.0 Å². The maximum absolute atomic E-state index is 6.22. The molecule has 0 N–H and O–H groups in total. The molecule has 0 bridgehead atoms. The third-order valence-corrected chi connectivity index (χ3v) is 3.05. The van der Waals surface area contributed by atoms with Gasteiger partial charge in [-0.3, -0.25) is 0 Å². The molecule has 19 heavy (non-hydrogen) atoms. The highest BCUT2D eigenvalue weighted by atomic mass is 35.5. The molecule has 0 saturated carbocycles. The van der Waals surface area contributed by atoms with Crippen LogP contribution in [0.15, 0.2) is 42.5 Å². The van der Waals surface area contributed by atoms with Gasteiger partial charge in [0.15, 0.2) is 0 Å². The molecule has 2 aromatic rings. The van der Waals surface area contributed by atoms with Crippen molar-refractivity contribution in [2.75, 3.05) is 0 Å². The fraction of sp³-hybridized carbons (Fsp3) is 0.250. The van der Waals surface area contributed by atoms with E-state index in [0.717, 1.165) is 16.9 Å². The number of hydrogen-bond acceptors (Lipinski definition) is 1. The molecule has 0 saturated heterocycles. The minimum absolute atomic E-state index is 0.220. The van der Waals surface area contributed by atoms with Gasteiger partial charge in [-0.15, -0.1) is 0 Å². The third kappa shape index (κ3) is 3.89. The molecule has 2 aromatic carbocycles. The number of halogens is 2. The molecule has 100 valence electrons. The molecule has 0 heterocycles. The molecule has 0 amide bonds. The zero-order chi connectivity index (χ0) is 14.0. The second-order valence-corrected chi connectivity index (χ2v) is 6.21. The Balaban J connectivity index is 2.38. The van der Waals surface area contributed by atoms with E-state index in [1.165, 1.54) is 0 Å². The Kier molecular flexibility index (Phi) is 4.07. The maximum Gasteiger partial charge on any atom is 0.120 e. The van der Waals surface area contributed by atoms with Crippen LogP contribution in [0.25, 0.3) is 11.1 Å². The first kappa shape index (κ1) is 14.2. The van der Waals surface area contributed by atoms with Gasteiger partial charge in [-0.1, -0.05) is 41.4 Å². The lowest BCUT2D eigenvalue weighted by Crippen LogP contribution is -2.22. The highest BCUT2D eigenvalue weighted by Crippen LogP contribution is 2.32. The summed E-state index contributed by atoms with van der Waals surface area (Å²) in [4.78, 5) is 0. The van der Waals surface area contributed by atoms with E-state index in [4.69, 9.17) is 27.9 Å². The van der Waals surface area contributed by atoms with E-state index in [2.05, 4.69) is 0 Å². The Morgan fingerprint density at radius 1 is 0.947 bits per heavy atom. The van der Waals surface area contributed by atoms with Crippen molar-refractivity contribution in [2.24, 2.45) is 0 Å². The summed E-state index contributed by atoms with van der Waals surface area (Å²) in [6.45, 7) is 6.07. The molecule has 0 radical (unpaired) electrons. The minimum Gasteiger partial charge on any atom is -0.488 e.